The Hall–Kier alpha value is -5.00. The molecule has 0 fully saturated rings. The maximum absolute atomic E-state index is 14.0. The summed E-state index contributed by atoms with van der Waals surface area (Å²) in [6.07, 6.45) is 2.94. The molecule has 2 amide bonds. The maximum Gasteiger partial charge on any atom is 0.249 e. The minimum atomic E-state index is -0.620. The molecule has 4 aromatic carbocycles. The molecule has 0 aliphatic heterocycles. The molecule has 0 spiro atoms. The molecular formula is C39H45N5O4S2. The zero-order valence-electron chi connectivity index (χ0n) is 28.7. The molecule has 0 bridgehead atoms. The van der Waals surface area contributed by atoms with Gasteiger partial charge in [-0.3, -0.25) is 9.59 Å². The molecule has 262 valence electrons. The zero-order valence-corrected chi connectivity index (χ0v) is 30.7. The number of carbonyl (C=O) groups excluding carboxylic acids is 2. The average molecular weight is 712 g/mol. The normalized spacial score (nSPS) is 11.5. The zero-order chi connectivity index (χ0) is 33.9. The van der Waals surface area contributed by atoms with Crippen LogP contribution in [-0.2, 0) is 28.9 Å². The van der Waals surface area contributed by atoms with Crippen molar-refractivity contribution in [3.63, 3.8) is 0 Å². The summed E-state index contributed by atoms with van der Waals surface area (Å²) in [5, 5.41) is 3.38. The highest BCUT2D eigenvalue weighted by Gasteiger charge is 2.27. The van der Waals surface area contributed by atoms with Gasteiger partial charge in [0.15, 0.2) is 0 Å². The van der Waals surface area contributed by atoms with Gasteiger partial charge in [0.1, 0.15) is 29.2 Å². The van der Waals surface area contributed by atoms with E-state index < -0.39 is 12.0 Å². The van der Waals surface area contributed by atoms with Crippen molar-refractivity contribution in [2.45, 2.75) is 25.3 Å². The monoisotopic (exact) mass is 711 g/mol. The smallest absolute Gasteiger partial charge is 0.249 e. The van der Waals surface area contributed by atoms with Crippen molar-refractivity contribution in [3.05, 3.63) is 138 Å². The number of carbonyl (C=O) groups is 2. The lowest BCUT2D eigenvalue weighted by molar-refractivity contribution is -0.122. The van der Waals surface area contributed by atoms with Crippen LogP contribution >= 0.6 is 27.0 Å². The molecule has 0 aliphatic rings. The molecule has 1 N–H and O–H groups in total. The second-order valence-electron chi connectivity index (χ2n) is 11.5. The predicted octanol–water partition coefficient (Wildman–Crippen LogP) is 6.47. The Bertz CT molecular complexity index is 1650. The van der Waals surface area contributed by atoms with Gasteiger partial charge in [0.25, 0.3) is 0 Å². The number of nitrogens with zero attached hydrogens (tertiary/aromatic N) is 4. The minimum Gasteiger partial charge on any atom is -0.497 e. The number of methoxy groups -OCH3 is 2. The Labute approximate surface area is 308 Å². The first-order chi connectivity index (χ1) is 23.3. The van der Waals surface area contributed by atoms with Crippen molar-refractivity contribution in [3.8, 4) is 11.5 Å². The van der Waals surface area contributed by atoms with Gasteiger partial charge in [-0.2, -0.15) is 27.0 Å². The first-order valence-corrected chi connectivity index (χ1v) is 15.8. The van der Waals surface area contributed by atoms with Crippen LogP contribution in [0.25, 0.3) is 0 Å². The second-order valence-corrected chi connectivity index (χ2v) is 11.5. The van der Waals surface area contributed by atoms with Crippen molar-refractivity contribution in [2.75, 3.05) is 43.4 Å². The molecule has 11 heteroatoms. The Morgan fingerprint density at radius 2 is 1.12 bits per heavy atom. The van der Waals surface area contributed by atoms with Crippen LogP contribution in [0, 0.1) is 5.92 Å². The fourth-order valence-electron chi connectivity index (χ4n) is 5.55. The van der Waals surface area contributed by atoms with E-state index in [-0.39, 0.29) is 38.8 Å². The predicted molar refractivity (Wildman–Crippen MR) is 210 cm³/mol. The lowest BCUT2D eigenvalue weighted by atomic mass is 9.94. The number of amides is 2. The summed E-state index contributed by atoms with van der Waals surface area (Å²) in [6.45, 7) is 0. The second kappa shape index (κ2) is 19.3. The van der Waals surface area contributed by atoms with Crippen LogP contribution in [0.5, 0.6) is 11.5 Å². The first-order valence-electron chi connectivity index (χ1n) is 15.8. The molecule has 0 radical (unpaired) electrons. The van der Waals surface area contributed by atoms with E-state index in [1.807, 2.05) is 109 Å². The number of nitrogens with one attached hydrogen (secondary N) is 1. The first kappa shape index (κ1) is 39.4. The quantitative estimate of drug-likeness (QED) is 0.141. The minimum absolute atomic E-state index is 0. The van der Waals surface area contributed by atoms with E-state index in [2.05, 4.69) is 10.3 Å². The molecule has 0 saturated carbocycles. The van der Waals surface area contributed by atoms with Crippen LogP contribution in [0.3, 0.4) is 0 Å². The highest BCUT2D eigenvalue weighted by Crippen LogP contribution is 2.24. The van der Waals surface area contributed by atoms with Crippen LogP contribution in [0.2, 0.25) is 0 Å². The average Bonchev–Trinajstić information content (AvgIpc) is 3.14. The molecule has 0 saturated heterocycles. The van der Waals surface area contributed by atoms with E-state index in [0.29, 0.717) is 36.7 Å². The summed E-state index contributed by atoms with van der Waals surface area (Å²) >= 11 is 0. The number of rotatable bonds is 14. The van der Waals surface area contributed by atoms with E-state index in [1.54, 1.807) is 50.4 Å². The number of aromatic nitrogens is 2. The largest absolute Gasteiger partial charge is 0.497 e. The van der Waals surface area contributed by atoms with E-state index in [4.69, 9.17) is 14.5 Å². The summed E-state index contributed by atoms with van der Waals surface area (Å²) in [5.74, 6) is 1.84. The van der Waals surface area contributed by atoms with Crippen LogP contribution in [0.4, 0.5) is 17.2 Å². The van der Waals surface area contributed by atoms with Gasteiger partial charge in [0, 0.05) is 50.4 Å². The number of benzene rings is 4. The summed E-state index contributed by atoms with van der Waals surface area (Å²) in [4.78, 5) is 40.6. The molecule has 5 rings (SSSR count). The van der Waals surface area contributed by atoms with Gasteiger partial charge in [-0.25, -0.2) is 9.97 Å². The van der Waals surface area contributed by atoms with Crippen molar-refractivity contribution in [1.82, 2.24) is 9.97 Å². The van der Waals surface area contributed by atoms with Crippen LogP contribution < -0.4 is 24.6 Å². The third-order valence-electron chi connectivity index (χ3n) is 8.29. The lowest BCUT2D eigenvalue weighted by Gasteiger charge is -2.26. The van der Waals surface area contributed by atoms with Crippen molar-refractivity contribution in [1.29, 1.82) is 0 Å². The van der Waals surface area contributed by atoms with Gasteiger partial charge in [0.2, 0.25) is 11.8 Å². The molecule has 1 aromatic heterocycles. The van der Waals surface area contributed by atoms with Gasteiger partial charge in [-0.15, -0.1) is 0 Å². The van der Waals surface area contributed by atoms with E-state index in [1.165, 1.54) is 0 Å². The SMILES string of the molecule is COc1ccc(N(C)C(=O)[C@H](Cc2ccccc2)Cc2nccc(N[C@@H](Cc3ccccc3)C(=O)N(C)c3ccc(OC)cc3)n2)cc1.S.S. The number of hydrogen-bond acceptors (Lipinski definition) is 7. The summed E-state index contributed by atoms with van der Waals surface area (Å²) in [7, 11) is 6.76. The highest BCUT2D eigenvalue weighted by atomic mass is 32.1. The van der Waals surface area contributed by atoms with E-state index in [9.17, 15) is 9.59 Å². The fraction of sp³-hybridized carbons (Fsp3) is 0.231. The van der Waals surface area contributed by atoms with Gasteiger partial charge < -0.3 is 24.6 Å². The number of ether oxygens (including phenoxy) is 2. The molecule has 0 unspecified atom stereocenters. The molecule has 50 heavy (non-hydrogen) atoms. The highest BCUT2D eigenvalue weighted by molar-refractivity contribution is 7.59. The van der Waals surface area contributed by atoms with Crippen LogP contribution in [-0.4, -0.2) is 56.1 Å². The topological polar surface area (TPSA) is 96.9 Å². The summed E-state index contributed by atoms with van der Waals surface area (Å²) in [6, 6.07) is 35.7. The Morgan fingerprint density at radius 3 is 1.62 bits per heavy atom. The van der Waals surface area contributed by atoms with Crippen molar-refractivity contribution >= 4 is 56.0 Å². The standard InChI is InChI=1S/C39H41N5O4.2H2S/c1-43(31-15-19-33(47-3)20-16-31)38(45)30(25-28-11-7-5-8-12-28)27-37-40-24-23-36(42-37)41-35(26-29-13-9-6-10-14-29)39(46)44(2)32-17-21-34(48-4)22-18-32;;/h5-24,30,35H,25-27H2,1-4H3,(H,40,41,42);2*1H2/t30-,35+;;/m1../s1. The van der Waals surface area contributed by atoms with Crippen LogP contribution in [0.1, 0.15) is 17.0 Å². The van der Waals surface area contributed by atoms with Gasteiger partial charge >= 0.3 is 0 Å². The molecule has 9 nitrogen and oxygen atoms in total. The van der Waals surface area contributed by atoms with Crippen molar-refractivity contribution in [2.24, 2.45) is 5.92 Å². The van der Waals surface area contributed by atoms with Gasteiger partial charge in [-0.05, 0) is 72.1 Å². The summed E-state index contributed by atoms with van der Waals surface area (Å²) in [5.41, 5.74) is 3.56. The van der Waals surface area contributed by atoms with Gasteiger partial charge in [-0.1, -0.05) is 60.7 Å². The Balaban J connectivity index is 0.00000338. The van der Waals surface area contributed by atoms with Crippen LogP contribution in [0.15, 0.2) is 121 Å². The number of hydrogen-bond donors (Lipinski definition) is 1. The Kier molecular flexibility index (Phi) is 15.2. The maximum atomic E-state index is 14.0. The molecular weight excluding hydrogens is 667 g/mol. The lowest BCUT2D eigenvalue weighted by Crippen LogP contribution is -2.42. The fourth-order valence-corrected chi connectivity index (χ4v) is 5.55. The number of anilines is 3. The van der Waals surface area contributed by atoms with E-state index >= 15 is 0 Å². The Morgan fingerprint density at radius 1 is 0.640 bits per heavy atom. The third-order valence-corrected chi connectivity index (χ3v) is 8.29. The molecule has 0 aliphatic carbocycles. The van der Waals surface area contributed by atoms with E-state index in [0.717, 1.165) is 28.3 Å². The number of likely N-dealkylation sites (N-methyl/N-ethyl adjacent to an activating group) is 1. The third kappa shape index (κ3) is 10.5. The van der Waals surface area contributed by atoms with Gasteiger partial charge in [0.05, 0.1) is 14.2 Å². The molecule has 5 aromatic rings. The molecule has 2 atom stereocenters. The molecule has 1 heterocycles. The summed E-state index contributed by atoms with van der Waals surface area (Å²) < 4.78 is 10.6. The van der Waals surface area contributed by atoms with Crippen molar-refractivity contribution < 1.29 is 19.1 Å².